The highest BCUT2D eigenvalue weighted by atomic mass is 28.3. The molecular formula is C13H22Si. The summed E-state index contributed by atoms with van der Waals surface area (Å²) in [6.45, 7) is 9.48. The van der Waals surface area contributed by atoms with Gasteiger partial charge in [0.2, 0.25) is 0 Å². The quantitative estimate of drug-likeness (QED) is 0.646. The van der Waals surface area contributed by atoms with Gasteiger partial charge in [-0.05, 0) is 18.9 Å². The Labute approximate surface area is 89.4 Å². The maximum absolute atomic E-state index is 2.45. The van der Waals surface area contributed by atoms with Crippen molar-refractivity contribution in [3.8, 4) is 0 Å². The Morgan fingerprint density at radius 2 is 1.57 bits per heavy atom. The van der Waals surface area contributed by atoms with Gasteiger partial charge < -0.3 is 0 Å². The molecule has 0 aliphatic carbocycles. The summed E-state index contributed by atoms with van der Waals surface area (Å²) in [6.07, 6.45) is 2.61. The van der Waals surface area contributed by atoms with E-state index >= 15 is 0 Å². The molecule has 0 aliphatic heterocycles. The molecule has 0 N–H and O–H groups in total. The Balaban J connectivity index is 2.35. The first-order valence-corrected chi connectivity index (χ1v) is 9.24. The van der Waals surface area contributed by atoms with Gasteiger partial charge in [0.15, 0.2) is 0 Å². The summed E-state index contributed by atoms with van der Waals surface area (Å²) < 4.78 is 0. The lowest BCUT2D eigenvalue weighted by molar-refractivity contribution is 0.901. The first-order chi connectivity index (χ1) is 6.47. The van der Waals surface area contributed by atoms with Crippen LogP contribution in [0.5, 0.6) is 0 Å². The lowest BCUT2D eigenvalue weighted by Crippen LogP contribution is -2.18. The molecule has 0 heterocycles. The Bertz CT molecular complexity index is 266. The molecular weight excluding hydrogens is 184 g/mol. The topological polar surface area (TPSA) is 0 Å². The van der Waals surface area contributed by atoms with Gasteiger partial charge in [0.1, 0.15) is 0 Å². The van der Waals surface area contributed by atoms with E-state index in [0.717, 1.165) is 0 Å². The van der Waals surface area contributed by atoms with Crippen LogP contribution < -0.4 is 0 Å². The fraction of sp³-hybridized carbons (Fsp3) is 0.538. The third-order valence-electron chi connectivity index (χ3n) is 2.51. The van der Waals surface area contributed by atoms with E-state index in [-0.39, 0.29) is 0 Å². The third-order valence-corrected chi connectivity index (χ3v) is 4.37. The number of hydrogen-bond acceptors (Lipinski definition) is 0. The van der Waals surface area contributed by atoms with Crippen molar-refractivity contribution in [2.45, 2.75) is 45.5 Å². The van der Waals surface area contributed by atoms with E-state index in [4.69, 9.17) is 0 Å². The molecule has 78 valence electrons. The highest BCUT2D eigenvalue weighted by molar-refractivity contribution is 6.76. The molecule has 1 aromatic rings. The van der Waals surface area contributed by atoms with Crippen LogP contribution >= 0.6 is 0 Å². The second-order valence-electron chi connectivity index (χ2n) is 5.40. The summed E-state index contributed by atoms with van der Waals surface area (Å²) in [4.78, 5) is 0. The second kappa shape index (κ2) is 4.79. The minimum absolute atomic E-state index is 0.822. The maximum atomic E-state index is 2.45. The van der Waals surface area contributed by atoms with Crippen molar-refractivity contribution in [2.24, 2.45) is 0 Å². The fourth-order valence-electron chi connectivity index (χ4n) is 1.58. The van der Waals surface area contributed by atoms with Crippen LogP contribution in [0, 0.1) is 6.92 Å². The SMILES string of the molecule is Cc1ccc(CCC[Si](C)(C)C)cc1. The van der Waals surface area contributed by atoms with Crippen molar-refractivity contribution in [1.29, 1.82) is 0 Å². The van der Waals surface area contributed by atoms with Crippen LogP contribution in [0.25, 0.3) is 0 Å². The van der Waals surface area contributed by atoms with E-state index in [1.54, 1.807) is 0 Å². The lowest BCUT2D eigenvalue weighted by Gasteiger charge is -2.15. The zero-order valence-corrected chi connectivity index (χ0v) is 10.9. The van der Waals surface area contributed by atoms with Crippen LogP contribution in [0.3, 0.4) is 0 Å². The van der Waals surface area contributed by atoms with Crippen molar-refractivity contribution in [2.75, 3.05) is 0 Å². The predicted molar refractivity (Wildman–Crippen MR) is 67.7 cm³/mol. The van der Waals surface area contributed by atoms with Crippen molar-refractivity contribution in [3.63, 3.8) is 0 Å². The molecule has 0 amide bonds. The normalized spacial score (nSPS) is 11.7. The Morgan fingerprint density at radius 3 is 2.07 bits per heavy atom. The van der Waals surface area contributed by atoms with Crippen LogP contribution in [-0.2, 0) is 6.42 Å². The average molecular weight is 206 g/mol. The molecule has 0 nitrogen and oxygen atoms in total. The molecule has 0 spiro atoms. The van der Waals surface area contributed by atoms with Gasteiger partial charge >= 0.3 is 0 Å². The zero-order valence-electron chi connectivity index (χ0n) is 9.93. The van der Waals surface area contributed by atoms with Gasteiger partial charge in [-0.1, -0.05) is 61.9 Å². The molecule has 0 fully saturated rings. The van der Waals surface area contributed by atoms with Gasteiger partial charge in [-0.25, -0.2) is 0 Å². The van der Waals surface area contributed by atoms with Crippen molar-refractivity contribution >= 4 is 8.07 Å². The number of aryl methyl sites for hydroxylation is 2. The first-order valence-electron chi connectivity index (χ1n) is 5.53. The average Bonchev–Trinajstić information content (AvgIpc) is 2.06. The molecule has 0 bridgehead atoms. The molecule has 0 saturated carbocycles. The van der Waals surface area contributed by atoms with E-state index in [1.807, 2.05) is 0 Å². The molecule has 0 unspecified atom stereocenters. The largest absolute Gasteiger partial charge is 0.0695 e. The molecule has 0 aromatic heterocycles. The highest BCUT2D eigenvalue weighted by Gasteiger charge is 2.11. The van der Waals surface area contributed by atoms with Crippen LogP contribution in [0.2, 0.25) is 25.7 Å². The smallest absolute Gasteiger partial charge is 0.0442 e. The fourth-order valence-corrected chi connectivity index (χ4v) is 2.82. The van der Waals surface area contributed by atoms with E-state index in [1.165, 1.54) is 30.0 Å². The van der Waals surface area contributed by atoms with Crippen LogP contribution in [0.15, 0.2) is 24.3 Å². The van der Waals surface area contributed by atoms with Crippen LogP contribution in [-0.4, -0.2) is 8.07 Å². The number of benzene rings is 1. The maximum Gasteiger partial charge on any atom is 0.0442 e. The lowest BCUT2D eigenvalue weighted by atomic mass is 10.1. The summed E-state index contributed by atoms with van der Waals surface area (Å²) in [5.41, 5.74) is 2.85. The van der Waals surface area contributed by atoms with Gasteiger partial charge in [0.25, 0.3) is 0 Å². The highest BCUT2D eigenvalue weighted by Crippen LogP contribution is 2.14. The molecule has 1 heteroatoms. The van der Waals surface area contributed by atoms with Gasteiger partial charge in [0.05, 0.1) is 0 Å². The summed E-state index contributed by atoms with van der Waals surface area (Å²) in [6, 6.07) is 10.4. The van der Waals surface area contributed by atoms with Crippen molar-refractivity contribution < 1.29 is 0 Å². The second-order valence-corrected chi connectivity index (χ2v) is 11.0. The summed E-state index contributed by atoms with van der Waals surface area (Å²) in [5.74, 6) is 0. The molecule has 0 aliphatic rings. The third kappa shape index (κ3) is 4.61. The molecule has 14 heavy (non-hydrogen) atoms. The van der Waals surface area contributed by atoms with E-state index in [9.17, 15) is 0 Å². The Kier molecular flexibility index (Phi) is 3.94. The monoisotopic (exact) mass is 206 g/mol. The summed E-state index contributed by atoms with van der Waals surface area (Å²) >= 11 is 0. The van der Waals surface area contributed by atoms with E-state index in [2.05, 4.69) is 50.8 Å². The molecule has 0 saturated heterocycles. The minimum atomic E-state index is -0.822. The van der Waals surface area contributed by atoms with Crippen LogP contribution in [0.4, 0.5) is 0 Å². The summed E-state index contributed by atoms with van der Waals surface area (Å²) in [5, 5.41) is 0. The van der Waals surface area contributed by atoms with Crippen molar-refractivity contribution in [1.82, 2.24) is 0 Å². The molecule has 1 aromatic carbocycles. The minimum Gasteiger partial charge on any atom is -0.0695 e. The van der Waals surface area contributed by atoms with Crippen LogP contribution in [0.1, 0.15) is 17.5 Å². The van der Waals surface area contributed by atoms with Gasteiger partial charge in [-0.15, -0.1) is 0 Å². The standard InChI is InChI=1S/C13H22Si/c1-12-7-9-13(10-8-12)6-5-11-14(2,3)4/h7-10H,5-6,11H2,1-4H3. The number of hydrogen-bond donors (Lipinski definition) is 0. The first kappa shape index (κ1) is 11.5. The van der Waals surface area contributed by atoms with E-state index in [0.29, 0.717) is 0 Å². The van der Waals surface area contributed by atoms with Gasteiger partial charge in [0, 0.05) is 8.07 Å². The molecule has 1 rings (SSSR count). The van der Waals surface area contributed by atoms with Gasteiger partial charge in [-0.2, -0.15) is 0 Å². The molecule has 0 atom stereocenters. The summed E-state index contributed by atoms with van der Waals surface area (Å²) in [7, 11) is -0.822. The molecule has 0 radical (unpaired) electrons. The van der Waals surface area contributed by atoms with E-state index < -0.39 is 8.07 Å². The Hall–Kier alpha value is -0.563. The number of rotatable bonds is 4. The Morgan fingerprint density at radius 1 is 1.00 bits per heavy atom. The predicted octanol–water partition coefficient (Wildman–Crippen LogP) is 4.27. The van der Waals surface area contributed by atoms with Crippen molar-refractivity contribution in [3.05, 3.63) is 35.4 Å². The zero-order chi connectivity index (χ0) is 10.6. The van der Waals surface area contributed by atoms with Gasteiger partial charge in [-0.3, -0.25) is 0 Å².